The van der Waals surface area contributed by atoms with Crippen LogP contribution in [-0.4, -0.2) is 22.4 Å². The lowest BCUT2D eigenvalue weighted by molar-refractivity contribution is 0.561. The second-order valence-corrected chi connectivity index (χ2v) is 4.02. The van der Waals surface area contributed by atoms with E-state index in [4.69, 9.17) is 11.6 Å². The molecule has 0 atom stereocenters. The Bertz CT molecular complexity index is 281. The van der Waals surface area contributed by atoms with Crippen molar-refractivity contribution in [1.29, 1.82) is 0 Å². The van der Waals surface area contributed by atoms with Crippen molar-refractivity contribution < 1.29 is 0 Å². The van der Waals surface area contributed by atoms with E-state index < -0.39 is 0 Å². The van der Waals surface area contributed by atoms with E-state index in [1.165, 1.54) is 0 Å². The highest BCUT2D eigenvalue weighted by Crippen LogP contribution is 2.15. The molecule has 0 unspecified atom stereocenters. The number of aryl methyl sites for hydroxylation is 1. The van der Waals surface area contributed by atoms with Gasteiger partial charge in [0, 0.05) is 25.6 Å². The fourth-order valence-electron chi connectivity index (χ4n) is 1.39. The van der Waals surface area contributed by atoms with Gasteiger partial charge < -0.3 is 5.32 Å². The van der Waals surface area contributed by atoms with Crippen LogP contribution in [0.1, 0.15) is 26.5 Å². The topological polar surface area (TPSA) is 29.9 Å². The van der Waals surface area contributed by atoms with Crippen LogP contribution >= 0.6 is 11.6 Å². The van der Waals surface area contributed by atoms with Crippen molar-refractivity contribution in [3.8, 4) is 0 Å². The van der Waals surface area contributed by atoms with E-state index in [2.05, 4.69) is 31.2 Å². The highest BCUT2D eigenvalue weighted by Gasteiger charge is 2.07. The number of hydrogen-bond acceptors (Lipinski definition) is 2. The summed E-state index contributed by atoms with van der Waals surface area (Å²) in [6.07, 6.45) is 2.65. The first-order chi connectivity index (χ1) is 6.65. The Morgan fingerprint density at radius 1 is 1.57 bits per heavy atom. The van der Waals surface area contributed by atoms with E-state index >= 15 is 0 Å². The average molecular weight is 216 g/mol. The molecule has 0 fully saturated rings. The van der Waals surface area contributed by atoms with E-state index in [1.54, 1.807) is 6.20 Å². The minimum absolute atomic E-state index is 0.520. The average Bonchev–Trinajstić information content (AvgIpc) is 2.47. The fourth-order valence-corrected chi connectivity index (χ4v) is 1.62. The first kappa shape index (κ1) is 11.5. The smallest absolute Gasteiger partial charge is 0.0818 e. The summed E-state index contributed by atoms with van der Waals surface area (Å²) in [5.41, 5.74) is 1.13. The van der Waals surface area contributed by atoms with Crippen LogP contribution in [0, 0.1) is 0 Å². The van der Waals surface area contributed by atoms with Crippen molar-refractivity contribution in [3.63, 3.8) is 0 Å². The molecule has 0 spiro atoms. The quantitative estimate of drug-likeness (QED) is 0.816. The van der Waals surface area contributed by atoms with Gasteiger partial charge in [-0.15, -0.1) is 0 Å². The Balaban J connectivity index is 2.52. The van der Waals surface area contributed by atoms with Crippen molar-refractivity contribution in [1.82, 2.24) is 15.1 Å². The third kappa shape index (κ3) is 3.00. The number of halogens is 1. The van der Waals surface area contributed by atoms with Gasteiger partial charge in [-0.2, -0.15) is 5.10 Å². The molecule has 0 aliphatic heterocycles. The molecule has 1 rings (SSSR count). The molecule has 4 heteroatoms. The number of nitrogens with one attached hydrogen (secondary N) is 1. The molecule has 1 aromatic rings. The predicted octanol–water partition coefficient (Wildman–Crippen LogP) is 2.10. The van der Waals surface area contributed by atoms with E-state index in [-0.39, 0.29) is 0 Å². The van der Waals surface area contributed by atoms with Gasteiger partial charge in [-0.3, -0.25) is 4.68 Å². The van der Waals surface area contributed by atoms with Gasteiger partial charge >= 0.3 is 0 Å². The van der Waals surface area contributed by atoms with Gasteiger partial charge in [-0.1, -0.05) is 25.4 Å². The molecule has 1 N–H and O–H groups in total. The van der Waals surface area contributed by atoms with Crippen LogP contribution in [0.15, 0.2) is 6.20 Å². The van der Waals surface area contributed by atoms with Crippen molar-refractivity contribution >= 4 is 11.6 Å². The molecular weight excluding hydrogens is 198 g/mol. The van der Waals surface area contributed by atoms with Gasteiger partial charge in [0.05, 0.1) is 16.9 Å². The molecule has 14 heavy (non-hydrogen) atoms. The molecule has 0 bridgehead atoms. The van der Waals surface area contributed by atoms with Gasteiger partial charge in [0.15, 0.2) is 0 Å². The lowest BCUT2D eigenvalue weighted by Gasteiger charge is -2.09. The maximum absolute atomic E-state index is 6.03. The molecule has 0 amide bonds. The molecule has 3 nitrogen and oxygen atoms in total. The lowest BCUT2D eigenvalue weighted by Crippen LogP contribution is -2.25. The largest absolute Gasteiger partial charge is 0.314 e. The lowest BCUT2D eigenvalue weighted by atomic mass is 10.3. The molecule has 1 heterocycles. The van der Waals surface area contributed by atoms with Gasteiger partial charge in [0.25, 0.3) is 0 Å². The Hall–Kier alpha value is -0.540. The summed E-state index contributed by atoms with van der Waals surface area (Å²) >= 11 is 6.03. The second-order valence-electron chi connectivity index (χ2n) is 3.61. The van der Waals surface area contributed by atoms with Crippen molar-refractivity contribution in [2.75, 3.05) is 6.54 Å². The van der Waals surface area contributed by atoms with Crippen LogP contribution in [0.25, 0.3) is 0 Å². The zero-order chi connectivity index (χ0) is 10.6. The third-order valence-electron chi connectivity index (χ3n) is 2.11. The first-order valence-corrected chi connectivity index (χ1v) is 5.46. The van der Waals surface area contributed by atoms with Crippen molar-refractivity contribution in [2.24, 2.45) is 0 Å². The predicted molar refractivity (Wildman–Crippen MR) is 59.8 cm³/mol. The van der Waals surface area contributed by atoms with E-state index in [1.807, 2.05) is 4.68 Å². The Labute approximate surface area is 90.4 Å². The van der Waals surface area contributed by atoms with Gasteiger partial charge in [0.2, 0.25) is 0 Å². The highest BCUT2D eigenvalue weighted by atomic mass is 35.5. The summed E-state index contributed by atoms with van der Waals surface area (Å²) in [5.74, 6) is 0. The van der Waals surface area contributed by atoms with Crippen LogP contribution in [0.3, 0.4) is 0 Å². The fraction of sp³-hybridized carbons (Fsp3) is 0.700. The number of nitrogens with zero attached hydrogens (tertiary/aromatic N) is 2. The Kier molecular flexibility index (Phi) is 4.42. The molecule has 0 radical (unpaired) electrons. The normalized spacial score (nSPS) is 11.2. The zero-order valence-electron chi connectivity index (χ0n) is 9.05. The SMILES string of the molecule is CCn1ncc(Cl)c1CCNC(C)C. The van der Waals surface area contributed by atoms with Gasteiger partial charge in [-0.05, 0) is 6.92 Å². The summed E-state index contributed by atoms with van der Waals surface area (Å²) in [4.78, 5) is 0. The van der Waals surface area contributed by atoms with Gasteiger partial charge in [0.1, 0.15) is 0 Å². The van der Waals surface area contributed by atoms with Gasteiger partial charge in [-0.25, -0.2) is 0 Å². The van der Waals surface area contributed by atoms with E-state index in [9.17, 15) is 0 Å². The summed E-state index contributed by atoms with van der Waals surface area (Å²) < 4.78 is 1.95. The molecule has 0 aliphatic rings. The number of hydrogen-bond donors (Lipinski definition) is 1. The molecule has 0 aromatic carbocycles. The summed E-state index contributed by atoms with van der Waals surface area (Å²) in [6, 6.07) is 0.520. The first-order valence-electron chi connectivity index (χ1n) is 5.08. The Morgan fingerprint density at radius 2 is 2.29 bits per heavy atom. The molecule has 1 aromatic heterocycles. The number of aromatic nitrogens is 2. The Morgan fingerprint density at radius 3 is 2.86 bits per heavy atom. The van der Waals surface area contributed by atoms with Crippen LogP contribution in [0.5, 0.6) is 0 Å². The number of rotatable bonds is 5. The minimum atomic E-state index is 0.520. The summed E-state index contributed by atoms with van der Waals surface area (Å²) in [6.45, 7) is 8.17. The van der Waals surface area contributed by atoms with Crippen LogP contribution in [-0.2, 0) is 13.0 Å². The van der Waals surface area contributed by atoms with Crippen molar-refractivity contribution in [2.45, 2.75) is 39.8 Å². The van der Waals surface area contributed by atoms with E-state index in [0.717, 1.165) is 30.2 Å². The molecule has 0 aliphatic carbocycles. The second kappa shape index (κ2) is 5.37. The van der Waals surface area contributed by atoms with Crippen LogP contribution in [0.2, 0.25) is 5.02 Å². The molecule has 0 saturated heterocycles. The molecular formula is C10H18ClN3. The summed E-state index contributed by atoms with van der Waals surface area (Å²) in [5, 5.41) is 8.33. The van der Waals surface area contributed by atoms with Crippen molar-refractivity contribution in [3.05, 3.63) is 16.9 Å². The van der Waals surface area contributed by atoms with Crippen LogP contribution < -0.4 is 5.32 Å². The van der Waals surface area contributed by atoms with E-state index in [0.29, 0.717) is 6.04 Å². The maximum Gasteiger partial charge on any atom is 0.0818 e. The maximum atomic E-state index is 6.03. The molecule has 0 saturated carbocycles. The minimum Gasteiger partial charge on any atom is -0.314 e. The standard InChI is InChI=1S/C10H18ClN3/c1-4-14-10(9(11)7-13-14)5-6-12-8(2)3/h7-8,12H,4-6H2,1-3H3. The monoisotopic (exact) mass is 215 g/mol. The third-order valence-corrected chi connectivity index (χ3v) is 2.43. The van der Waals surface area contributed by atoms with Crippen LogP contribution in [0.4, 0.5) is 0 Å². The zero-order valence-corrected chi connectivity index (χ0v) is 9.80. The molecule has 80 valence electrons. The summed E-state index contributed by atoms with van der Waals surface area (Å²) in [7, 11) is 0. The highest BCUT2D eigenvalue weighted by molar-refractivity contribution is 6.31.